The van der Waals surface area contributed by atoms with Crippen molar-refractivity contribution in [2.45, 2.75) is 0 Å². The number of benzene rings is 8. The summed E-state index contributed by atoms with van der Waals surface area (Å²) >= 11 is 0. The molecule has 0 N–H and O–H groups in total. The maximum absolute atomic E-state index is 9.96. The molecular formula is C52H29N7O. The average Bonchev–Trinajstić information content (AvgIpc) is 4.11. The van der Waals surface area contributed by atoms with Crippen LogP contribution >= 0.6 is 0 Å². The van der Waals surface area contributed by atoms with E-state index in [-0.39, 0.29) is 58.0 Å². The molecule has 0 unspecified atom stereocenters. The summed E-state index contributed by atoms with van der Waals surface area (Å²) in [6, 6.07) is 38.1. The molecule has 8 nitrogen and oxygen atoms in total. The van der Waals surface area contributed by atoms with Crippen molar-refractivity contribution in [1.82, 2.24) is 28.7 Å². The quantitative estimate of drug-likeness (QED) is 0.178. The van der Waals surface area contributed by atoms with Gasteiger partial charge in [0, 0.05) is 43.3 Å². The topological polar surface area (TPSA) is 90.4 Å². The van der Waals surface area contributed by atoms with Crippen molar-refractivity contribution >= 4 is 87.4 Å². The second kappa shape index (κ2) is 12.2. The zero-order chi connectivity index (χ0) is 46.4. The summed E-state index contributed by atoms with van der Waals surface area (Å²) in [4.78, 5) is 15.4. The van der Waals surface area contributed by atoms with E-state index in [1.807, 2.05) is 89.5 Å². The Bertz CT molecular complexity index is 4470. The number of para-hydroxylation sites is 6. The fraction of sp³-hybridized carbons (Fsp3) is 0. The van der Waals surface area contributed by atoms with Gasteiger partial charge in [0.15, 0.2) is 5.82 Å². The maximum atomic E-state index is 9.96. The van der Waals surface area contributed by atoms with Gasteiger partial charge in [-0.1, -0.05) is 103 Å². The Balaban J connectivity index is 1.24. The lowest BCUT2D eigenvalue weighted by atomic mass is 10.1. The van der Waals surface area contributed by atoms with E-state index in [0.29, 0.717) is 49.7 Å². The zero-order valence-electron chi connectivity index (χ0n) is 39.2. The minimum atomic E-state index is -0.524. The number of hydrogen-bond donors (Lipinski definition) is 0. The average molecular weight is 776 g/mol. The molecule has 0 saturated heterocycles. The molecule has 8 aromatic carbocycles. The van der Waals surface area contributed by atoms with Crippen LogP contribution in [0.3, 0.4) is 0 Å². The number of hydrogen-bond acceptors (Lipinski definition) is 5. The van der Waals surface area contributed by atoms with Gasteiger partial charge < -0.3 is 8.98 Å². The molecule has 13 aromatic rings. The molecule has 5 aromatic heterocycles. The van der Waals surface area contributed by atoms with Crippen molar-refractivity contribution in [2.24, 2.45) is 0 Å². The third-order valence-corrected chi connectivity index (χ3v) is 11.4. The van der Waals surface area contributed by atoms with Crippen LogP contribution in [0.15, 0.2) is 180 Å². The van der Waals surface area contributed by atoms with Crippen LogP contribution in [0.5, 0.6) is 0 Å². The van der Waals surface area contributed by atoms with Crippen LogP contribution < -0.4 is 0 Å². The van der Waals surface area contributed by atoms with Crippen molar-refractivity contribution in [3.05, 3.63) is 181 Å². The highest BCUT2D eigenvalue weighted by Crippen LogP contribution is 2.43. The normalized spacial score (nSPS) is 13.8. The van der Waals surface area contributed by atoms with Crippen LogP contribution in [0.2, 0.25) is 0 Å². The van der Waals surface area contributed by atoms with E-state index < -0.39 is 30.2 Å². The summed E-state index contributed by atoms with van der Waals surface area (Å²) < 4.78 is 85.4. The first-order chi connectivity index (χ1) is 33.0. The predicted molar refractivity (Wildman–Crippen MR) is 240 cm³/mol. The van der Waals surface area contributed by atoms with Gasteiger partial charge in [-0.25, -0.2) is 0 Å². The molecule has 13 rings (SSSR count). The fourth-order valence-electron chi connectivity index (χ4n) is 8.93. The Morgan fingerprint density at radius 3 is 1.85 bits per heavy atom. The Morgan fingerprint density at radius 2 is 1.08 bits per heavy atom. The van der Waals surface area contributed by atoms with E-state index in [0.717, 1.165) is 32.3 Å². The first-order valence-electron chi connectivity index (χ1n) is 23.2. The zero-order valence-corrected chi connectivity index (χ0v) is 31.2. The van der Waals surface area contributed by atoms with Gasteiger partial charge in [0.25, 0.3) is 0 Å². The minimum absolute atomic E-state index is 0.0384. The molecule has 0 atom stereocenters. The third kappa shape index (κ3) is 4.46. The van der Waals surface area contributed by atoms with Gasteiger partial charge in [-0.15, -0.1) is 0 Å². The second-order valence-electron chi connectivity index (χ2n) is 14.5. The molecule has 0 radical (unpaired) electrons. The van der Waals surface area contributed by atoms with Crippen molar-refractivity contribution < 1.29 is 15.4 Å². The van der Waals surface area contributed by atoms with E-state index in [4.69, 9.17) is 23.5 Å². The SMILES string of the molecule is [2H]c1c([2H])c([2H])c(-n2c3ccccc3c3ccc4oc5ccccc5c4c32)c(-c2nc(-n3c4ccccc4c4cc(C#N)ccc43)nc(-n3c4ccccc4c4c([2H])c([2H])c([2H])c([2H])c43)n2)c1[2H]. The van der Waals surface area contributed by atoms with Crippen LogP contribution in [0.4, 0.5) is 0 Å². The van der Waals surface area contributed by atoms with Crippen molar-refractivity contribution in [2.75, 3.05) is 0 Å². The molecule has 8 heteroatoms. The lowest BCUT2D eigenvalue weighted by Crippen LogP contribution is -2.11. The molecule has 0 aliphatic heterocycles. The van der Waals surface area contributed by atoms with Gasteiger partial charge in [-0.05, 0) is 72.7 Å². The summed E-state index contributed by atoms with van der Waals surface area (Å²) in [5.41, 5.74) is 4.82. The highest BCUT2D eigenvalue weighted by atomic mass is 16.3. The van der Waals surface area contributed by atoms with Gasteiger partial charge in [0.1, 0.15) is 11.2 Å². The molecule has 0 spiro atoms. The first kappa shape index (κ1) is 25.7. The lowest BCUT2D eigenvalue weighted by molar-refractivity contribution is 0.669. The van der Waals surface area contributed by atoms with E-state index in [2.05, 4.69) is 6.07 Å². The molecule has 0 bridgehead atoms. The predicted octanol–water partition coefficient (Wildman–Crippen LogP) is 12.6. The van der Waals surface area contributed by atoms with Crippen LogP contribution in [0, 0.1) is 11.3 Å². The Labute approximate surface area is 352 Å². The van der Waals surface area contributed by atoms with E-state index in [1.54, 1.807) is 51.6 Å². The van der Waals surface area contributed by atoms with Crippen molar-refractivity contribution in [1.29, 1.82) is 5.26 Å². The highest BCUT2D eigenvalue weighted by Gasteiger charge is 2.24. The standard InChI is InChI=1S/C52H29N7O/c53-30-31-25-27-45-39(29-31)35-16-4-10-22-43(35)59(45)52-55-50(54-51(56-52)58-41-20-8-1-13-32(41)33-14-2-9-21-42(33)58)37-17-5-11-23-44(37)57-40-19-7-3-15-34(40)36-26-28-47-48(49(36)57)38-18-6-12-24-46(38)60-47/h1-29H/i1D,5D,8D,11D,13D,17D,20D,23D. The number of rotatable bonds is 4. The number of aromatic nitrogens is 6. The molecule has 278 valence electrons. The van der Waals surface area contributed by atoms with E-state index in [9.17, 15) is 12.1 Å². The summed E-state index contributed by atoms with van der Waals surface area (Å²) in [5.74, 6) is -0.186. The summed E-state index contributed by atoms with van der Waals surface area (Å²) in [5, 5.41) is 15.4. The van der Waals surface area contributed by atoms with Gasteiger partial charge in [0.2, 0.25) is 11.9 Å². The monoisotopic (exact) mass is 775 g/mol. The van der Waals surface area contributed by atoms with Crippen molar-refractivity contribution in [3.63, 3.8) is 0 Å². The molecule has 0 fully saturated rings. The second-order valence-corrected chi connectivity index (χ2v) is 14.5. The Kier molecular flexibility index (Phi) is 5.23. The molecule has 0 amide bonds. The molecule has 5 heterocycles. The summed E-state index contributed by atoms with van der Waals surface area (Å²) in [6.07, 6.45) is 0. The van der Waals surface area contributed by atoms with Gasteiger partial charge >= 0.3 is 0 Å². The van der Waals surface area contributed by atoms with Gasteiger partial charge in [-0.2, -0.15) is 20.2 Å². The summed E-state index contributed by atoms with van der Waals surface area (Å²) in [6.45, 7) is 0. The highest BCUT2D eigenvalue weighted by molar-refractivity contribution is 6.24. The van der Waals surface area contributed by atoms with Crippen LogP contribution in [-0.2, 0) is 0 Å². The first-order valence-corrected chi connectivity index (χ1v) is 19.2. The van der Waals surface area contributed by atoms with Gasteiger partial charge in [0.05, 0.1) is 66.8 Å². The smallest absolute Gasteiger partial charge is 0.240 e. The molecule has 60 heavy (non-hydrogen) atoms. The van der Waals surface area contributed by atoms with Crippen LogP contribution in [-0.4, -0.2) is 28.7 Å². The minimum Gasteiger partial charge on any atom is -0.456 e. The lowest BCUT2D eigenvalue weighted by Gasteiger charge is -2.16. The van der Waals surface area contributed by atoms with Crippen LogP contribution in [0.1, 0.15) is 16.5 Å². The van der Waals surface area contributed by atoms with Gasteiger partial charge in [-0.3, -0.25) is 9.13 Å². The van der Waals surface area contributed by atoms with Crippen LogP contribution in [0.25, 0.3) is 116 Å². The molecular weight excluding hydrogens is 739 g/mol. The van der Waals surface area contributed by atoms with E-state index in [1.165, 1.54) is 0 Å². The number of nitriles is 1. The number of fused-ring (bicyclic) bond motifs is 13. The fourth-order valence-corrected chi connectivity index (χ4v) is 8.93. The molecule has 0 aliphatic rings. The third-order valence-electron chi connectivity index (χ3n) is 11.4. The van der Waals surface area contributed by atoms with Crippen molar-refractivity contribution in [3.8, 4) is 35.0 Å². The maximum Gasteiger partial charge on any atom is 0.240 e. The number of nitrogens with zero attached hydrogens (tertiary/aromatic N) is 7. The van der Waals surface area contributed by atoms with E-state index >= 15 is 0 Å². The Morgan fingerprint density at radius 1 is 0.483 bits per heavy atom. The molecule has 0 saturated carbocycles. The summed E-state index contributed by atoms with van der Waals surface area (Å²) in [7, 11) is 0. The Hall–Kier alpha value is -8.54. The molecule has 0 aliphatic carbocycles. The largest absolute Gasteiger partial charge is 0.456 e. The number of furan rings is 1.